The Balaban J connectivity index is 1.38. The van der Waals surface area contributed by atoms with E-state index in [4.69, 9.17) is 14.3 Å². The number of rotatable bonds is 8. The van der Waals surface area contributed by atoms with Crippen molar-refractivity contribution >= 4 is 18.0 Å². The minimum Gasteiger partial charge on any atom is -0.476 e. The van der Waals surface area contributed by atoms with Crippen molar-refractivity contribution < 1.29 is 28.6 Å². The summed E-state index contributed by atoms with van der Waals surface area (Å²) in [4.78, 5) is 40.0. The molecule has 0 saturated carbocycles. The van der Waals surface area contributed by atoms with Crippen LogP contribution >= 0.6 is 0 Å². The molecule has 0 radical (unpaired) electrons. The predicted octanol–water partition coefficient (Wildman–Crippen LogP) is 3.55. The number of carbonyl (C=O) groups excluding carboxylic acids is 2. The summed E-state index contributed by atoms with van der Waals surface area (Å²) in [7, 11) is 0. The molecule has 0 bridgehead atoms. The first-order chi connectivity index (χ1) is 16.4. The summed E-state index contributed by atoms with van der Waals surface area (Å²) >= 11 is 0. The molecule has 1 aliphatic rings. The number of alkyl carbamates (subject to hydrolysis) is 1. The number of carboxylic acid groups (broad SMARTS) is 1. The number of benzene rings is 2. The second-order valence-corrected chi connectivity index (χ2v) is 8.34. The fraction of sp³-hybridized carbons (Fsp3) is 0.280. The highest BCUT2D eigenvalue weighted by Crippen LogP contribution is 2.44. The number of ether oxygens (including phenoxy) is 1. The maximum absolute atomic E-state index is 12.7. The first-order valence-electron chi connectivity index (χ1n) is 10.9. The van der Waals surface area contributed by atoms with Crippen molar-refractivity contribution in [3.05, 3.63) is 77.5 Å². The lowest BCUT2D eigenvalue weighted by Gasteiger charge is -2.22. The zero-order valence-electron chi connectivity index (χ0n) is 18.8. The van der Waals surface area contributed by atoms with E-state index < -0.39 is 24.0 Å². The number of carbonyl (C=O) groups is 3. The maximum atomic E-state index is 12.7. The summed E-state index contributed by atoms with van der Waals surface area (Å²) in [5.41, 5.74) is 4.16. The standard InChI is InChI=1S/C25H25N3O6/c1-14(2)21(23(29)26-11-20-22(24(30)31)27-13-34-20)28-25(32)33-12-19-17-9-5-3-7-15(17)16-8-4-6-10-18(16)19/h3-10,13-14,19,21H,11-12H2,1-2H3,(H,26,29)(H,28,32)(H,30,31)/t21-/m0/s1. The summed E-state index contributed by atoms with van der Waals surface area (Å²) in [6, 6.07) is 15.2. The molecule has 1 aromatic heterocycles. The molecule has 0 saturated heterocycles. The van der Waals surface area contributed by atoms with Crippen molar-refractivity contribution in [3.8, 4) is 11.1 Å². The van der Waals surface area contributed by atoms with Gasteiger partial charge in [-0.3, -0.25) is 4.79 Å². The monoisotopic (exact) mass is 463 g/mol. The third-order valence-electron chi connectivity index (χ3n) is 5.83. The number of hydrogen-bond acceptors (Lipinski definition) is 6. The molecule has 1 atom stereocenters. The van der Waals surface area contributed by atoms with Gasteiger partial charge in [0.2, 0.25) is 5.91 Å². The van der Waals surface area contributed by atoms with Crippen LogP contribution in [0.25, 0.3) is 11.1 Å². The number of nitrogens with zero attached hydrogens (tertiary/aromatic N) is 1. The summed E-state index contributed by atoms with van der Waals surface area (Å²) in [6.07, 6.45) is 0.293. The number of oxazole rings is 1. The van der Waals surface area contributed by atoms with E-state index in [-0.39, 0.29) is 36.4 Å². The summed E-state index contributed by atoms with van der Waals surface area (Å²) in [5.74, 6) is -2.06. The molecule has 1 heterocycles. The zero-order valence-corrected chi connectivity index (χ0v) is 18.8. The highest BCUT2D eigenvalue weighted by Gasteiger charge is 2.30. The molecule has 2 aromatic carbocycles. The second-order valence-electron chi connectivity index (χ2n) is 8.34. The molecule has 9 heteroatoms. The molecule has 0 unspecified atom stereocenters. The predicted molar refractivity (Wildman–Crippen MR) is 122 cm³/mol. The fourth-order valence-electron chi connectivity index (χ4n) is 4.15. The van der Waals surface area contributed by atoms with E-state index in [1.165, 1.54) is 0 Å². The van der Waals surface area contributed by atoms with E-state index in [0.29, 0.717) is 0 Å². The third kappa shape index (κ3) is 4.63. The van der Waals surface area contributed by atoms with Crippen LogP contribution in [0.2, 0.25) is 0 Å². The minimum atomic E-state index is -1.25. The molecular formula is C25H25N3O6. The molecule has 0 spiro atoms. The van der Waals surface area contributed by atoms with E-state index in [1.807, 2.05) is 36.4 Å². The average molecular weight is 463 g/mol. The van der Waals surface area contributed by atoms with Crippen LogP contribution in [0.1, 0.15) is 47.1 Å². The van der Waals surface area contributed by atoms with Crippen molar-refractivity contribution in [3.63, 3.8) is 0 Å². The lowest BCUT2D eigenvalue weighted by Crippen LogP contribution is -2.49. The fourth-order valence-corrected chi connectivity index (χ4v) is 4.15. The topological polar surface area (TPSA) is 131 Å². The van der Waals surface area contributed by atoms with Crippen LogP contribution in [0.3, 0.4) is 0 Å². The van der Waals surface area contributed by atoms with Gasteiger partial charge in [-0.15, -0.1) is 0 Å². The normalized spacial score (nSPS) is 13.1. The van der Waals surface area contributed by atoms with Gasteiger partial charge in [-0.25, -0.2) is 14.6 Å². The van der Waals surface area contributed by atoms with E-state index in [1.54, 1.807) is 13.8 Å². The average Bonchev–Trinajstić information content (AvgIpc) is 3.42. The van der Waals surface area contributed by atoms with Gasteiger partial charge >= 0.3 is 12.1 Å². The second kappa shape index (κ2) is 9.78. The first-order valence-corrected chi connectivity index (χ1v) is 10.9. The van der Waals surface area contributed by atoms with Gasteiger partial charge in [-0.1, -0.05) is 62.4 Å². The molecule has 176 valence electrons. The number of carboxylic acids is 1. The van der Waals surface area contributed by atoms with Gasteiger partial charge in [0, 0.05) is 5.92 Å². The van der Waals surface area contributed by atoms with Crippen molar-refractivity contribution in [2.45, 2.75) is 32.4 Å². The van der Waals surface area contributed by atoms with Crippen molar-refractivity contribution in [2.24, 2.45) is 5.92 Å². The van der Waals surface area contributed by atoms with Gasteiger partial charge in [0.05, 0.1) is 6.54 Å². The van der Waals surface area contributed by atoms with Gasteiger partial charge < -0.3 is 24.9 Å². The van der Waals surface area contributed by atoms with Gasteiger partial charge in [0.25, 0.3) is 0 Å². The Hall–Kier alpha value is -4.14. The maximum Gasteiger partial charge on any atom is 0.407 e. The third-order valence-corrected chi connectivity index (χ3v) is 5.83. The molecule has 0 aliphatic heterocycles. The number of hydrogen-bond donors (Lipinski definition) is 3. The van der Waals surface area contributed by atoms with Gasteiger partial charge in [-0.05, 0) is 28.2 Å². The number of aromatic carboxylic acids is 1. The Bertz CT molecular complexity index is 1170. The molecule has 9 nitrogen and oxygen atoms in total. The van der Waals surface area contributed by atoms with Crippen LogP contribution in [-0.2, 0) is 16.1 Å². The molecule has 4 rings (SSSR count). The zero-order chi connectivity index (χ0) is 24.2. The Morgan fingerprint density at radius 1 is 1.06 bits per heavy atom. The van der Waals surface area contributed by atoms with Crippen LogP contribution in [0.15, 0.2) is 59.3 Å². The number of nitrogens with one attached hydrogen (secondary N) is 2. The van der Waals surface area contributed by atoms with E-state index in [2.05, 4.69) is 27.8 Å². The molecule has 1 aliphatic carbocycles. The van der Waals surface area contributed by atoms with E-state index >= 15 is 0 Å². The Morgan fingerprint density at radius 3 is 2.26 bits per heavy atom. The Morgan fingerprint density at radius 2 is 1.68 bits per heavy atom. The molecular weight excluding hydrogens is 438 g/mol. The summed E-state index contributed by atoms with van der Waals surface area (Å²) in [6.45, 7) is 3.53. The highest BCUT2D eigenvalue weighted by atomic mass is 16.5. The molecule has 2 amide bonds. The Kier molecular flexibility index (Phi) is 6.62. The summed E-state index contributed by atoms with van der Waals surface area (Å²) in [5, 5.41) is 14.3. The summed E-state index contributed by atoms with van der Waals surface area (Å²) < 4.78 is 10.6. The lowest BCUT2D eigenvalue weighted by molar-refractivity contribution is -0.124. The number of amides is 2. The first kappa shape index (κ1) is 23.0. The lowest BCUT2D eigenvalue weighted by atomic mass is 9.98. The quantitative estimate of drug-likeness (QED) is 0.466. The minimum absolute atomic E-state index is 0.0181. The smallest absolute Gasteiger partial charge is 0.407 e. The van der Waals surface area contributed by atoms with Crippen LogP contribution < -0.4 is 10.6 Å². The highest BCUT2D eigenvalue weighted by molar-refractivity contribution is 5.88. The van der Waals surface area contributed by atoms with Gasteiger partial charge in [0.15, 0.2) is 17.8 Å². The van der Waals surface area contributed by atoms with Crippen molar-refractivity contribution in [1.29, 1.82) is 0 Å². The van der Waals surface area contributed by atoms with Gasteiger partial charge in [-0.2, -0.15) is 0 Å². The Labute approximate surface area is 196 Å². The van der Waals surface area contributed by atoms with E-state index in [9.17, 15) is 14.4 Å². The van der Waals surface area contributed by atoms with Crippen molar-refractivity contribution in [2.75, 3.05) is 6.61 Å². The van der Waals surface area contributed by atoms with Crippen LogP contribution in [0.4, 0.5) is 4.79 Å². The van der Waals surface area contributed by atoms with Crippen molar-refractivity contribution in [1.82, 2.24) is 15.6 Å². The van der Waals surface area contributed by atoms with Crippen LogP contribution in [0.5, 0.6) is 0 Å². The molecule has 3 aromatic rings. The molecule has 3 N–H and O–H groups in total. The van der Waals surface area contributed by atoms with Crippen LogP contribution in [-0.4, -0.2) is 40.7 Å². The number of fused-ring (bicyclic) bond motifs is 3. The number of aromatic nitrogens is 1. The van der Waals surface area contributed by atoms with E-state index in [0.717, 1.165) is 28.6 Å². The molecule has 0 fully saturated rings. The van der Waals surface area contributed by atoms with Gasteiger partial charge in [0.1, 0.15) is 12.6 Å². The largest absolute Gasteiger partial charge is 0.476 e. The van der Waals surface area contributed by atoms with Crippen LogP contribution in [0, 0.1) is 5.92 Å². The SMILES string of the molecule is CC(C)[C@H](NC(=O)OCC1c2ccccc2-c2ccccc21)C(=O)NCc1ocnc1C(=O)O. The molecule has 34 heavy (non-hydrogen) atoms.